The van der Waals surface area contributed by atoms with Crippen molar-refractivity contribution in [2.24, 2.45) is 11.7 Å². The number of carbonyl (C=O) groups is 1. The lowest BCUT2D eigenvalue weighted by Gasteiger charge is -2.33. The van der Waals surface area contributed by atoms with Crippen LogP contribution in [-0.4, -0.2) is 52.0 Å². The fraction of sp³-hybridized carbons (Fsp3) is 0.550. The number of nitrogens with zero attached hydrogens (tertiary/aromatic N) is 5. The number of hydrogen-bond acceptors (Lipinski definition) is 5. The highest BCUT2D eigenvalue weighted by Gasteiger charge is 2.27. The van der Waals surface area contributed by atoms with Gasteiger partial charge in [-0.25, -0.2) is 0 Å². The van der Waals surface area contributed by atoms with Gasteiger partial charge < -0.3 is 15.5 Å². The smallest absolute Gasteiger partial charge is 0.255 e. The van der Waals surface area contributed by atoms with Gasteiger partial charge in [0.05, 0.1) is 11.3 Å². The summed E-state index contributed by atoms with van der Waals surface area (Å²) in [6.07, 6.45) is 6.45. The summed E-state index contributed by atoms with van der Waals surface area (Å²) in [5.41, 5.74) is 8.35. The minimum atomic E-state index is 0.156. The summed E-state index contributed by atoms with van der Waals surface area (Å²) in [5.74, 6) is 0.553. The molecule has 0 bridgehead atoms. The number of amides is 1. The minimum Gasteiger partial charge on any atom is -0.371 e. The molecular weight excluding hydrogens is 340 g/mol. The van der Waals surface area contributed by atoms with Gasteiger partial charge in [0.1, 0.15) is 0 Å². The zero-order valence-electron chi connectivity index (χ0n) is 15.8. The van der Waals surface area contributed by atoms with Crippen molar-refractivity contribution in [3.63, 3.8) is 0 Å². The van der Waals surface area contributed by atoms with E-state index in [1.165, 1.54) is 12.8 Å². The van der Waals surface area contributed by atoms with E-state index < -0.39 is 0 Å². The molecule has 3 heterocycles. The SMILES string of the molecule is NCc1cn(CC2CCCN(C(=O)c3ccccc3N3CCCC3)C2)nn1. The van der Waals surface area contributed by atoms with Crippen molar-refractivity contribution in [2.45, 2.75) is 38.8 Å². The maximum absolute atomic E-state index is 13.3. The van der Waals surface area contributed by atoms with E-state index in [4.69, 9.17) is 5.73 Å². The summed E-state index contributed by atoms with van der Waals surface area (Å²) in [5, 5.41) is 8.21. The predicted molar refractivity (Wildman–Crippen MR) is 104 cm³/mol. The fourth-order valence-corrected chi connectivity index (χ4v) is 4.24. The molecule has 2 aromatic rings. The summed E-state index contributed by atoms with van der Waals surface area (Å²) in [7, 11) is 0. The lowest BCUT2D eigenvalue weighted by molar-refractivity contribution is 0.0660. The number of likely N-dealkylation sites (tertiary alicyclic amines) is 1. The topological polar surface area (TPSA) is 80.3 Å². The highest BCUT2D eigenvalue weighted by molar-refractivity contribution is 6.00. The van der Waals surface area contributed by atoms with Crippen molar-refractivity contribution in [3.8, 4) is 0 Å². The van der Waals surface area contributed by atoms with E-state index in [-0.39, 0.29) is 5.91 Å². The third kappa shape index (κ3) is 3.98. The van der Waals surface area contributed by atoms with Gasteiger partial charge in [0.2, 0.25) is 0 Å². The molecule has 1 amide bonds. The van der Waals surface area contributed by atoms with Crippen molar-refractivity contribution in [2.75, 3.05) is 31.1 Å². The van der Waals surface area contributed by atoms with Crippen LogP contribution in [0, 0.1) is 5.92 Å². The number of carbonyl (C=O) groups excluding carboxylic acids is 1. The van der Waals surface area contributed by atoms with Crippen LogP contribution in [0.25, 0.3) is 0 Å². The molecule has 4 rings (SSSR count). The Hall–Kier alpha value is -2.41. The van der Waals surface area contributed by atoms with E-state index >= 15 is 0 Å². The van der Waals surface area contributed by atoms with Crippen molar-refractivity contribution in [1.29, 1.82) is 0 Å². The first-order valence-corrected chi connectivity index (χ1v) is 9.97. The minimum absolute atomic E-state index is 0.156. The van der Waals surface area contributed by atoms with Crippen LogP contribution in [0.2, 0.25) is 0 Å². The molecule has 0 spiro atoms. The molecule has 2 aliphatic rings. The molecule has 1 aromatic carbocycles. The highest BCUT2D eigenvalue weighted by Crippen LogP contribution is 2.27. The van der Waals surface area contributed by atoms with E-state index in [0.717, 1.165) is 62.5 Å². The number of nitrogens with two attached hydrogens (primary N) is 1. The van der Waals surface area contributed by atoms with Crippen LogP contribution in [0.3, 0.4) is 0 Å². The molecule has 1 unspecified atom stereocenters. The Bertz CT molecular complexity index is 782. The lowest BCUT2D eigenvalue weighted by Crippen LogP contribution is -2.41. The first-order chi connectivity index (χ1) is 13.2. The summed E-state index contributed by atoms with van der Waals surface area (Å²) in [6, 6.07) is 8.06. The van der Waals surface area contributed by atoms with Gasteiger partial charge in [-0.2, -0.15) is 0 Å². The Balaban J connectivity index is 1.46. The number of hydrogen-bond donors (Lipinski definition) is 1. The van der Waals surface area contributed by atoms with Gasteiger partial charge in [0.15, 0.2) is 0 Å². The Morgan fingerprint density at radius 2 is 1.96 bits per heavy atom. The number of aromatic nitrogens is 3. The van der Waals surface area contributed by atoms with Crippen LogP contribution in [-0.2, 0) is 13.1 Å². The number of para-hydroxylation sites is 1. The van der Waals surface area contributed by atoms with Crippen molar-refractivity contribution >= 4 is 11.6 Å². The second kappa shape index (κ2) is 8.08. The summed E-state index contributed by atoms with van der Waals surface area (Å²) >= 11 is 0. The zero-order chi connectivity index (χ0) is 18.6. The van der Waals surface area contributed by atoms with Crippen LogP contribution < -0.4 is 10.6 Å². The van der Waals surface area contributed by atoms with Gasteiger partial charge in [0, 0.05) is 51.2 Å². The second-order valence-electron chi connectivity index (χ2n) is 7.61. The molecule has 0 aliphatic carbocycles. The monoisotopic (exact) mass is 368 g/mol. The molecule has 1 atom stereocenters. The largest absolute Gasteiger partial charge is 0.371 e. The maximum Gasteiger partial charge on any atom is 0.255 e. The highest BCUT2D eigenvalue weighted by atomic mass is 16.2. The van der Waals surface area contributed by atoms with Crippen LogP contribution >= 0.6 is 0 Å². The fourth-order valence-electron chi connectivity index (χ4n) is 4.24. The van der Waals surface area contributed by atoms with Crippen LogP contribution in [0.1, 0.15) is 41.7 Å². The Labute approximate surface area is 160 Å². The molecule has 144 valence electrons. The van der Waals surface area contributed by atoms with Gasteiger partial charge >= 0.3 is 0 Å². The van der Waals surface area contributed by atoms with Crippen molar-refractivity contribution in [1.82, 2.24) is 19.9 Å². The maximum atomic E-state index is 13.3. The number of piperidine rings is 1. The van der Waals surface area contributed by atoms with Crippen LogP contribution in [0.4, 0.5) is 5.69 Å². The quantitative estimate of drug-likeness (QED) is 0.872. The van der Waals surface area contributed by atoms with Gasteiger partial charge in [-0.1, -0.05) is 17.3 Å². The van der Waals surface area contributed by atoms with E-state index in [1.54, 1.807) is 0 Å². The van der Waals surface area contributed by atoms with Crippen molar-refractivity contribution in [3.05, 3.63) is 41.7 Å². The number of rotatable bonds is 5. The Morgan fingerprint density at radius 3 is 2.74 bits per heavy atom. The van der Waals surface area contributed by atoms with E-state index in [0.29, 0.717) is 12.5 Å². The lowest BCUT2D eigenvalue weighted by atomic mass is 9.97. The molecule has 27 heavy (non-hydrogen) atoms. The molecule has 1 aromatic heterocycles. The Morgan fingerprint density at radius 1 is 1.15 bits per heavy atom. The standard InChI is InChI=1S/C20H28N6O/c21-12-17-15-26(23-22-17)14-16-6-5-11-25(13-16)20(27)18-7-1-2-8-19(18)24-9-3-4-10-24/h1-2,7-8,15-16H,3-6,9-14,21H2. The predicted octanol–water partition coefficient (Wildman–Crippen LogP) is 1.89. The number of benzene rings is 1. The molecule has 2 saturated heterocycles. The summed E-state index contributed by atoms with van der Waals surface area (Å²) in [6.45, 7) is 4.87. The molecular formula is C20H28N6O. The van der Waals surface area contributed by atoms with E-state index in [2.05, 4.69) is 21.3 Å². The van der Waals surface area contributed by atoms with Crippen LogP contribution in [0.5, 0.6) is 0 Å². The molecule has 2 N–H and O–H groups in total. The summed E-state index contributed by atoms with van der Waals surface area (Å²) in [4.78, 5) is 17.6. The average molecular weight is 368 g/mol. The number of anilines is 1. The molecule has 7 heteroatoms. The van der Waals surface area contributed by atoms with E-state index in [9.17, 15) is 4.79 Å². The first-order valence-electron chi connectivity index (χ1n) is 9.97. The van der Waals surface area contributed by atoms with E-state index in [1.807, 2.05) is 34.0 Å². The normalized spacial score (nSPS) is 20.3. The third-order valence-electron chi connectivity index (χ3n) is 5.63. The zero-order valence-corrected chi connectivity index (χ0v) is 15.8. The first kappa shape index (κ1) is 18.0. The molecule has 7 nitrogen and oxygen atoms in total. The average Bonchev–Trinajstić information content (AvgIpc) is 3.40. The molecule has 2 fully saturated rings. The second-order valence-corrected chi connectivity index (χ2v) is 7.61. The van der Waals surface area contributed by atoms with Gasteiger partial charge in [-0.15, -0.1) is 5.10 Å². The van der Waals surface area contributed by atoms with Crippen molar-refractivity contribution < 1.29 is 4.79 Å². The van der Waals surface area contributed by atoms with Gasteiger partial charge in [-0.05, 0) is 43.7 Å². The van der Waals surface area contributed by atoms with Crippen LogP contribution in [0.15, 0.2) is 30.5 Å². The van der Waals surface area contributed by atoms with Gasteiger partial charge in [-0.3, -0.25) is 9.48 Å². The molecule has 2 aliphatic heterocycles. The third-order valence-corrected chi connectivity index (χ3v) is 5.63. The summed E-state index contributed by atoms with van der Waals surface area (Å²) < 4.78 is 1.86. The van der Waals surface area contributed by atoms with Gasteiger partial charge in [0.25, 0.3) is 5.91 Å². The molecule has 0 radical (unpaired) electrons. The molecule has 0 saturated carbocycles. The Kier molecular flexibility index (Phi) is 5.38.